The van der Waals surface area contributed by atoms with Crippen molar-refractivity contribution < 1.29 is 4.42 Å². The fourth-order valence-electron chi connectivity index (χ4n) is 6.22. The maximum Gasteiger partial charge on any atom is 0.143 e. The minimum absolute atomic E-state index is 0.884. The number of furan rings is 1. The van der Waals surface area contributed by atoms with Gasteiger partial charge in [0.25, 0.3) is 0 Å². The summed E-state index contributed by atoms with van der Waals surface area (Å²) >= 11 is 0. The number of hydrogen-bond donors (Lipinski definition) is 0. The number of fused-ring (bicyclic) bond motifs is 4. The second-order valence-corrected chi connectivity index (χ2v) is 11.1. The predicted octanol–water partition coefficient (Wildman–Crippen LogP) is 11.7. The molecule has 0 saturated carbocycles. The fraction of sp³-hybridized carbons (Fsp3) is 0. The molecule has 0 aliphatic carbocycles. The molecule has 2 nitrogen and oxygen atoms in total. The van der Waals surface area contributed by atoms with E-state index in [2.05, 4.69) is 163 Å². The van der Waals surface area contributed by atoms with Crippen molar-refractivity contribution in [1.29, 1.82) is 0 Å². The molecule has 1 aliphatic rings. The molecule has 0 atom stereocenters. The number of anilines is 2. The van der Waals surface area contributed by atoms with Crippen LogP contribution in [0, 0.1) is 0 Å². The molecule has 0 amide bonds. The molecule has 1 aliphatic heterocycles. The highest BCUT2D eigenvalue weighted by Gasteiger charge is 2.19. The van der Waals surface area contributed by atoms with Crippen LogP contribution in [0.1, 0.15) is 11.1 Å². The normalized spacial score (nSPS) is 15.0. The molecule has 0 radical (unpaired) electrons. The van der Waals surface area contributed by atoms with Crippen molar-refractivity contribution >= 4 is 44.5 Å². The Morgan fingerprint density at radius 2 is 1.14 bits per heavy atom. The van der Waals surface area contributed by atoms with Crippen LogP contribution in [0.3, 0.4) is 0 Å². The zero-order valence-corrected chi connectivity index (χ0v) is 24.2. The Bertz CT molecular complexity index is 2180. The van der Waals surface area contributed by atoms with Crippen LogP contribution in [-0.2, 0) is 0 Å². The van der Waals surface area contributed by atoms with Crippen molar-refractivity contribution in [3.05, 3.63) is 182 Å². The van der Waals surface area contributed by atoms with E-state index >= 15 is 0 Å². The fourth-order valence-corrected chi connectivity index (χ4v) is 6.22. The van der Waals surface area contributed by atoms with Crippen molar-refractivity contribution in [2.45, 2.75) is 0 Å². The van der Waals surface area contributed by atoms with E-state index in [1.165, 1.54) is 11.1 Å². The van der Waals surface area contributed by atoms with Crippen molar-refractivity contribution in [3.63, 3.8) is 0 Å². The third-order valence-electron chi connectivity index (χ3n) is 8.37. The van der Waals surface area contributed by atoms with Crippen LogP contribution in [0.4, 0.5) is 11.4 Å². The molecule has 8 rings (SSSR count). The average Bonchev–Trinajstić information content (AvgIpc) is 3.47. The van der Waals surface area contributed by atoms with Crippen LogP contribution in [0.2, 0.25) is 0 Å². The van der Waals surface area contributed by atoms with Gasteiger partial charge in [0.15, 0.2) is 0 Å². The molecule has 0 unspecified atom stereocenters. The van der Waals surface area contributed by atoms with E-state index in [-0.39, 0.29) is 0 Å². The summed E-state index contributed by atoms with van der Waals surface area (Å²) in [5.74, 6) is 0. The first-order chi connectivity index (χ1) is 21.7. The van der Waals surface area contributed by atoms with E-state index < -0.39 is 0 Å². The predicted molar refractivity (Wildman–Crippen MR) is 186 cm³/mol. The lowest BCUT2D eigenvalue weighted by atomic mass is 9.94. The molecule has 0 bridgehead atoms. The van der Waals surface area contributed by atoms with Crippen molar-refractivity contribution in [2.24, 2.45) is 0 Å². The molecule has 0 spiro atoms. The van der Waals surface area contributed by atoms with E-state index in [1.54, 1.807) is 0 Å². The van der Waals surface area contributed by atoms with Gasteiger partial charge < -0.3 is 9.32 Å². The number of rotatable bonds is 4. The Labute approximate surface area is 257 Å². The van der Waals surface area contributed by atoms with Gasteiger partial charge in [-0.15, -0.1) is 0 Å². The van der Waals surface area contributed by atoms with Gasteiger partial charge in [-0.25, -0.2) is 0 Å². The average molecular weight is 564 g/mol. The number of nitrogens with zero attached hydrogens (tertiary/aromatic N) is 1. The molecule has 0 saturated heterocycles. The highest BCUT2D eigenvalue weighted by molar-refractivity contribution is 6.09. The quantitative estimate of drug-likeness (QED) is 0.212. The van der Waals surface area contributed by atoms with Crippen LogP contribution in [-0.4, -0.2) is 0 Å². The molecule has 208 valence electrons. The Morgan fingerprint density at radius 1 is 0.523 bits per heavy atom. The van der Waals surface area contributed by atoms with E-state index in [9.17, 15) is 0 Å². The smallest absolute Gasteiger partial charge is 0.143 e. The van der Waals surface area contributed by atoms with Crippen molar-refractivity contribution in [2.75, 3.05) is 4.90 Å². The lowest BCUT2D eigenvalue weighted by Gasteiger charge is -2.27. The maximum atomic E-state index is 6.44. The molecule has 0 fully saturated rings. The van der Waals surface area contributed by atoms with E-state index in [0.717, 1.165) is 66.7 Å². The van der Waals surface area contributed by atoms with Gasteiger partial charge in [-0.1, -0.05) is 122 Å². The van der Waals surface area contributed by atoms with Gasteiger partial charge in [0.2, 0.25) is 0 Å². The lowest BCUT2D eigenvalue weighted by Crippen LogP contribution is -2.12. The summed E-state index contributed by atoms with van der Waals surface area (Å²) in [4.78, 5) is 2.28. The SMILES string of the molecule is C=C1/C=C(c2cccc3c2oc2ccccc23)\C=C/N(c2cc(-c3ccccc3)cc(-c3ccccc3)c2)c2ccccc21. The number of allylic oxidation sites excluding steroid dienone is 4. The Morgan fingerprint density at radius 3 is 1.89 bits per heavy atom. The van der Waals surface area contributed by atoms with Crippen LogP contribution in [0.25, 0.3) is 55.3 Å². The summed E-state index contributed by atoms with van der Waals surface area (Å²) in [7, 11) is 0. The molecule has 2 heterocycles. The standard InChI is InChI=1S/C42H29NO/c1-29-25-32(37-19-12-20-39-38-18-9-11-22-41(38)44-42(37)39)23-24-43(40-21-10-8-17-36(29)40)35-27-33(30-13-4-2-5-14-30)26-34(28-35)31-15-6-3-7-16-31/h2-28H,1H2/b24-23-,32-25+. The van der Waals surface area contributed by atoms with Crippen LogP contribution in [0.15, 0.2) is 175 Å². The number of hydrogen-bond acceptors (Lipinski definition) is 2. The largest absolute Gasteiger partial charge is 0.455 e. The van der Waals surface area contributed by atoms with Gasteiger partial charge in [-0.3, -0.25) is 0 Å². The third-order valence-corrected chi connectivity index (χ3v) is 8.37. The summed E-state index contributed by atoms with van der Waals surface area (Å²) in [5, 5.41) is 2.23. The topological polar surface area (TPSA) is 16.4 Å². The first kappa shape index (κ1) is 25.8. The first-order valence-corrected chi connectivity index (χ1v) is 14.9. The molecule has 6 aromatic carbocycles. The molecule has 2 heteroatoms. The summed E-state index contributed by atoms with van der Waals surface area (Å²) in [6.45, 7) is 4.55. The molecule has 1 aromatic heterocycles. The third kappa shape index (κ3) is 4.54. The van der Waals surface area contributed by atoms with E-state index in [4.69, 9.17) is 4.42 Å². The van der Waals surface area contributed by atoms with Gasteiger partial charge in [0.05, 0.1) is 5.69 Å². The summed E-state index contributed by atoms with van der Waals surface area (Å²) < 4.78 is 6.44. The van der Waals surface area contributed by atoms with Crippen LogP contribution in [0.5, 0.6) is 0 Å². The molecule has 7 aromatic rings. The van der Waals surface area contributed by atoms with Gasteiger partial charge in [-0.2, -0.15) is 0 Å². The van der Waals surface area contributed by atoms with Crippen LogP contribution < -0.4 is 4.90 Å². The van der Waals surface area contributed by atoms with Gasteiger partial charge >= 0.3 is 0 Å². The highest BCUT2D eigenvalue weighted by Crippen LogP contribution is 2.41. The summed E-state index contributed by atoms with van der Waals surface area (Å²) in [5.41, 5.74) is 12.7. The first-order valence-electron chi connectivity index (χ1n) is 14.9. The molecule has 0 N–H and O–H groups in total. The highest BCUT2D eigenvalue weighted by atomic mass is 16.3. The van der Waals surface area contributed by atoms with Gasteiger partial charge in [-0.05, 0) is 75.9 Å². The Kier molecular flexibility index (Phi) is 6.31. The van der Waals surface area contributed by atoms with E-state index in [0.29, 0.717) is 0 Å². The summed E-state index contributed by atoms with van der Waals surface area (Å²) in [6, 6.07) is 51.1. The summed E-state index contributed by atoms with van der Waals surface area (Å²) in [6.07, 6.45) is 6.53. The minimum atomic E-state index is 0.884. The van der Waals surface area contributed by atoms with Gasteiger partial charge in [0.1, 0.15) is 11.2 Å². The molecular formula is C42H29NO. The van der Waals surface area contributed by atoms with Crippen LogP contribution >= 0.6 is 0 Å². The van der Waals surface area contributed by atoms with Crippen molar-refractivity contribution in [1.82, 2.24) is 0 Å². The second kappa shape index (κ2) is 10.8. The van der Waals surface area contributed by atoms with Crippen molar-refractivity contribution in [3.8, 4) is 22.3 Å². The minimum Gasteiger partial charge on any atom is -0.455 e. The Balaban J connectivity index is 1.33. The molecule has 44 heavy (non-hydrogen) atoms. The molecular weight excluding hydrogens is 534 g/mol. The second-order valence-electron chi connectivity index (χ2n) is 11.1. The monoisotopic (exact) mass is 563 g/mol. The Hall–Kier alpha value is -5.86. The van der Waals surface area contributed by atoms with Gasteiger partial charge in [0, 0.05) is 33.8 Å². The van der Waals surface area contributed by atoms with E-state index in [1.807, 2.05) is 12.1 Å². The maximum absolute atomic E-state index is 6.44. The lowest BCUT2D eigenvalue weighted by molar-refractivity contribution is 0.668. The zero-order chi connectivity index (χ0) is 29.5. The number of benzene rings is 6. The number of para-hydroxylation sites is 3. The zero-order valence-electron chi connectivity index (χ0n) is 24.2.